The molecule has 0 amide bonds. The van der Waals surface area contributed by atoms with E-state index in [1.165, 1.54) is 6.20 Å². The Balaban J connectivity index is 2.39. The van der Waals surface area contributed by atoms with Gasteiger partial charge in [-0.3, -0.25) is 0 Å². The topological polar surface area (TPSA) is 69.6 Å². The molecule has 2 aromatic heterocycles. The molecule has 0 bridgehead atoms. The normalized spacial score (nSPS) is 12.0. The summed E-state index contributed by atoms with van der Waals surface area (Å²) in [5.74, 6) is 0.0189. The minimum Gasteiger partial charge on any atom is -0.381 e. The Morgan fingerprint density at radius 2 is 2.06 bits per heavy atom. The summed E-state index contributed by atoms with van der Waals surface area (Å²) in [5.41, 5.74) is 5.34. The van der Waals surface area contributed by atoms with E-state index < -0.39 is 11.2 Å². The molecule has 16 heavy (non-hydrogen) atoms. The van der Waals surface area contributed by atoms with Gasteiger partial charge in [-0.1, -0.05) is 22.9 Å². The Morgan fingerprint density at radius 1 is 1.38 bits per heavy atom. The van der Waals surface area contributed by atoms with Gasteiger partial charge in [0.2, 0.25) is 10.1 Å². The van der Waals surface area contributed by atoms with Crippen LogP contribution in [0, 0.1) is 0 Å². The van der Waals surface area contributed by atoms with Crippen LogP contribution in [0.3, 0.4) is 0 Å². The van der Waals surface area contributed by atoms with Crippen LogP contribution in [0.1, 0.15) is 5.01 Å². The molecule has 10 heteroatoms. The minimum absolute atomic E-state index is 0.0189. The summed E-state index contributed by atoms with van der Waals surface area (Å²) in [6.07, 6.45) is -3.25. The van der Waals surface area contributed by atoms with E-state index in [1.807, 2.05) is 0 Å². The Bertz CT molecular complexity index is 499. The molecule has 2 rings (SSSR count). The average molecular weight is 270 g/mol. The number of nitrogens with zero attached hydrogens (tertiary/aromatic N) is 4. The molecule has 5 nitrogen and oxygen atoms in total. The van der Waals surface area contributed by atoms with Crippen molar-refractivity contribution in [3.63, 3.8) is 0 Å². The predicted molar refractivity (Wildman–Crippen MR) is 51.5 cm³/mol. The molecule has 0 aromatic carbocycles. The summed E-state index contributed by atoms with van der Waals surface area (Å²) >= 11 is 5.96. The molecule has 0 spiro atoms. The molecular weight excluding hydrogens is 267 g/mol. The summed E-state index contributed by atoms with van der Waals surface area (Å²) < 4.78 is 37.7. The second kappa shape index (κ2) is 3.59. The number of nitrogens with two attached hydrogens (primary N) is 1. The van der Waals surface area contributed by atoms with Crippen LogP contribution in [0.5, 0.6) is 0 Å². The summed E-state index contributed by atoms with van der Waals surface area (Å²) in [5, 5.41) is 9.07. The van der Waals surface area contributed by atoms with Crippen LogP contribution in [0.2, 0.25) is 5.02 Å². The van der Waals surface area contributed by atoms with Crippen LogP contribution in [0.25, 0.3) is 5.13 Å². The highest BCUT2D eigenvalue weighted by molar-refractivity contribution is 7.13. The highest BCUT2D eigenvalue weighted by Crippen LogP contribution is 2.32. The zero-order chi connectivity index (χ0) is 11.9. The smallest absolute Gasteiger partial charge is 0.381 e. The number of aromatic nitrogens is 4. The van der Waals surface area contributed by atoms with Gasteiger partial charge in [0.15, 0.2) is 5.82 Å². The van der Waals surface area contributed by atoms with Crippen molar-refractivity contribution >= 4 is 28.8 Å². The first-order chi connectivity index (χ1) is 7.38. The molecule has 2 heterocycles. The van der Waals surface area contributed by atoms with Crippen molar-refractivity contribution in [2.75, 3.05) is 5.73 Å². The van der Waals surface area contributed by atoms with Gasteiger partial charge in [-0.2, -0.15) is 13.2 Å². The summed E-state index contributed by atoms with van der Waals surface area (Å²) in [7, 11) is 0. The van der Waals surface area contributed by atoms with Crippen LogP contribution in [0.4, 0.5) is 19.0 Å². The van der Waals surface area contributed by atoms with Crippen LogP contribution < -0.4 is 5.73 Å². The first kappa shape index (κ1) is 11.1. The second-order valence-electron chi connectivity index (χ2n) is 2.69. The lowest BCUT2D eigenvalue weighted by molar-refractivity contribution is -0.138. The molecule has 0 aliphatic carbocycles. The van der Waals surface area contributed by atoms with Crippen LogP contribution in [0.15, 0.2) is 6.20 Å². The summed E-state index contributed by atoms with van der Waals surface area (Å²) in [6.45, 7) is 0. The van der Waals surface area contributed by atoms with Crippen molar-refractivity contribution < 1.29 is 13.2 Å². The SMILES string of the molecule is Nc1nn(-c2nnc(C(F)(F)F)s2)cc1Cl. The molecule has 0 radical (unpaired) electrons. The van der Waals surface area contributed by atoms with E-state index in [-0.39, 0.29) is 16.0 Å². The third kappa shape index (κ3) is 1.95. The Hall–Kier alpha value is -1.35. The highest BCUT2D eigenvalue weighted by atomic mass is 35.5. The van der Waals surface area contributed by atoms with E-state index in [0.717, 1.165) is 4.68 Å². The molecule has 0 unspecified atom stereocenters. The highest BCUT2D eigenvalue weighted by Gasteiger charge is 2.36. The first-order valence-corrected chi connectivity index (χ1v) is 4.99. The number of nitrogen functional groups attached to an aromatic ring is 1. The van der Waals surface area contributed by atoms with E-state index in [1.54, 1.807) is 0 Å². The maximum atomic E-state index is 12.2. The van der Waals surface area contributed by atoms with Gasteiger partial charge < -0.3 is 5.73 Å². The zero-order valence-corrected chi connectivity index (χ0v) is 8.94. The Labute approximate surface area is 95.6 Å². The molecule has 2 N–H and O–H groups in total. The standard InChI is InChI=1S/C6H3ClF3N5S/c7-2-1-15(14-3(2)11)5-13-12-4(16-5)6(8,9)10/h1H,(H2,11,14). The largest absolute Gasteiger partial charge is 0.445 e. The predicted octanol–water partition coefficient (Wildman–Crippen LogP) is 1.98. The molecule has 0 saturated heterocycles. The lowest BCUT2D eigenvalue weighted by Crippen LogP contribution is -2.03. The van der Waals surface area contributed by atoms with E-state index in [0.29, 0.717) is 11.3 Å². The number of rotatable bonds is 1. The van der Waals surface area contributed by atoms with Gasteiger partial charge in [0, 0.05) is 0 Å². The van der Waals surface area contributed by atoms with E-state index in [2.05, 4.69) is 15.3 Å². The molecule has 0 saturated carbocycles. The van der Waals surface area contributed by atoms with Crippen molar-refractivity contribution in [3.8, 4) is 5.13 Å². The molecule has 2 aromatic rings. The molecular formula is C6H3ClF3N5S. The van der Waals surface area contributed by atoms with Crippen molar-refractivity contribution in [3.05, 3.63) is 16.2 Å². The maximum absolute atomic E-state index is 12.2. The van der Waals surface area contributed by atoms with Crippen LogP contribution >= 0.6 is 22.9 Å². The quantitative estimate of drug-likeness (QED) is 0.859. The lowest BCUT2D eigenvalue weighted by atomic mass is 10.7. The molecule has 86 valence electrons. The lowest BCUT2D eigenvalue weighted by Gasteiger charge is -1.97. The Morgan fingerprint density at radius 3 is 2.50 bits per heavy atom. The summed E-state index contributed by atoms with van der Waals surface area (Å²) in [4.78, 5) is 0. The average Bonchev–Trinajstić information content (AvgIpc) is 2.73. The van der Waals surface area contributed by atoms with Gasteiger partial charge in [-0.05, 0) is 0 Å². The molecule has 0 atom stereocenters. The van der Waals surface area contributed by atoms with Gasteiger partial charge in [0.05, 0.1) is 6.20 Å². The van der Waals surface area contributed by atoms with Gasteiger partial charge in [0.1, 0.15) is 5.02 Å². The van der Waals surface area contributed by atoms with E-state index in [9.17, 15) is 13.2 Å². The zero-order valence-electron chi connectivity index (χ0n) is 7.36. The number of anilines is 1. The van der Waals surface area contributed by atoms with Crippen molar-refractivity contribution in [1.82, 2.24) is 20.0 Å². The third-order valence-electron chi connectivity index (χ3n) is 1.55. The van der Waals surface area contributed by atoms with Gasteiger partial charge >= 0.3 is 6.18 Å². The number of hydrogen-bond acceptors (Lipinski definition) is 5. The molecule has 0 aliphatic rings. The second-order valence-corrected chi connectivity index (χ2v) is 4.06. The van der Waals surface area contributed by atoms with Crippen LogP contribution in [-0.2, 0) is 6.18 Å². The van der Waals surface area contributed by atoms with Crippen molar-refractivity contribution in [2.24, 2.45) is 0 Å². The fourth-order valence-electron chi connectivity index (χ4n) is 0.887. The van der Waals surface area contributed by atoms with E-state index >= 15 is 0 Å². The molecule has 0 aliphatic heterocycles. The summed E-state index contributed by atoms with van der Waals surface area (Å²) in [6, 6.07) is 0. The first-order valence-electron chi connectivity index (χ1n) is 3.79. The van der Waals surface area contributed by atoms with Gasteiger partial charge in [0.25, 0.3) is 0 Å². The fourth-order valence-corrected chi connectivity index (χ4v) is 1.66. The number of hydrogen-bond donors (Lipinski definition) is 1. The third-order valence-corrected chi connectivity index (χ3v) is 2.80. The van der Waals surface area contributed by atoms with Crippen molar-refractivity contribution in [2.45, 2.75) is 6.18 Å². The molecule has 0 fully saturated rings. The van der Waals surface area contributed by atoms with Crippen molar-refractivity contribution in [1.29, 1.82) is 0 Å². The van der Waals surface area contributed by atoms with Crippen LogP contribution in [-0.4, -0.2) is 20.0 Å². The van der Waals surface area contributed by atoms with Gasteiger partial charge in [-0.15, -0.1) is 15.3 Å². The number of halogens is 4. The maximum Gasteiger partial charge on any atom is 0.445 e. The number of alkyl halides is 3. The Kier molecular flexibility index (Phi) is 2.50. The fraction of sp³-hybridized carbons (Fsp3) is 0.167. The van der Waals surface area contributed by atoms with E-state index in [4.69, 9.17) is 17.3 Å². The monoisotopic (exact) mass is 269 g/mol. The minimum atomic E-state index is -4.52. The van der Waals surface area contributed by atoms with Gasteiger partial charge in [-0.25, -0.2) is 4.68 Å².